The zero-order chi connectivity index (χ0) is 21.3. The summed E-state index contributed by atoms with van der Waals surface area (Å²) in [5, 5.41) is 8.50. The molecule has 0 unspecified atom stereocenters. The van der Waals surface area contributed by atoms with Crippen LogP contribution in [0.4, 0.5) is 5.69 Å². The third-order valence-corrected chi connectivity index (χ3v) is 6.00. The molecule has 0 bridgehead atoms. The number of carbonyl (C=O) groups excluding carboxylic acids is 2. The minimum atomic E-state index is -0.411. The van der Waals surface area contributed by atoms with Gasteiger partial charge >= 0.3 is 5.97 Å². The number of anilines is 1. The molecule has 2 aromatic carbocycles. The Balaban J connectivity index is 1.55. The second-order valence-electron chi connectivity index (χ2n) is 7.08. The van der Waals surface area contributed by atoms with E-state index >= 15 is 0 Å². The number of amides is 1. The van der Waals surface area contributed by atoms with Crippen molar-refractivity contribution >= 4 is 39.1 Å². The van der Waals surface area contributed by atoms with Gasteiger partial charge in [-0.15, -0.1) is 11.3 Å². The fourth-order valence-corrected chi connectivity index (χ4v) is 4.25. The molecule has 0 atom stereocenters. The molecule has 2 aromatic heterocycles. The van der Waals surface area contributed by atoms with Gasteiger partial charge in [-0.25, -0.2) is 4.79 Å². The lowest BCUT2D eigenvalue weighted by atomic mass is 10.1. The second kappa shape index (κ2) is 8.12. The van der Waals surface area contributed by atoms with Crippen LogP contribution in [0.1, 0.15) is 36.9 Å². The van der Waals surface area contributed by atoms with E-state index in [1.807, 2.05) is 17.7 Å². The lowest BCUT2D eigenvalue weighted by Gasteiger charge is -2.05. The van der Waals surface area contributed by atoms with E-state index in [1.165, 1.54) is 24.0 Å². The highest BCUT2D eigenvalue weighted by atomic mass is 32.1. The minimum absolute atomic E-state index is 0.191. The number of thiophene rings is 1. The van der Waals surface area contributed by atoms with Gasteiger partial charge in [-0.2, -0.15) is 5.10 Å². The average Bonchev–Trinajstić information content (AvgIpc) is 3.31. The van der Waals surface area contributed by atoms with Crippen molar-refractivity contribution in [3.05, 3.63) is 81.9 Å². The Labute approximate surface area is 178 Å². The smallest absolute Gasteiger partial charge is 0.337 e. The fraction of sp³-hybridized carbons (Fsp3) is 0.174. The van der Waals surface area contributed by atoms with E-state index in [2.05, 4.69) is 46.3 Å². The van der Waals surface area contributed by atoms with Crippen LogP contribution < -0.4 is 5.32 Å². The lowest BCUT2D eigenvalue weighted by molar-refractivity contribution is 0.0600. The van der Waals surface area contributed by atoms with E-state index in [4.69, 9.17) is 0 Å². The van der Waals surface area contributed by atoms with Crippen LogP contribution in [0.3, 0.4) is 0 Å². The van der Waals surface area contributed by atoms with Gasteiger partial charge in [0.05, 0.1) is 29.8 Å². The highest BCUT2D eigenvalue weighted by Crippen LogP contribution is 2.29. The largest absolute Gasteiger partial charge is 0.465 e. The Hall–Kier alpha value is -3.45. The molecule has 1 N–H and O–H groups in total. The summed E-state index contributed by atoms with van der Waals surface area (Å²) < 4.78 is 6.64. The summed E-state index contributed by atoms with van der Waals surface area (Å²) in [6.07, 6.45) is 0. The Kier molecular flexibility index (Phi) is 5.37. The molecule has 0 aliphatic heterocycles. The maximum Gasteiger partial charge on any atom is 0.337 e. The first kappa shape index (κ1) is 19.8. The SMILES string of the molecule is COC(=O)c1ccc(NC(=O)c2cc3c(C)nn(Cc4ccc(C)cc4)c3s2)cc1. The predicted molar refractivity (Wildman–Crippen MR) is 118 cm³/mol. The summed E-state index contributed by atoms with van der Waals surface area (Å²) in [5.41, 5.74) is 4.33. The number of hydrogen-bond acceptors (Lipinski definition) is 5. The van der Waals surface area contributed by atoms with Crippen LogP contribution in [-0.4, -0.2) is 28.8 Å². The summed E-state index contributed by atoms with van der Waals surface area (Å²) >= 11 is 1.42. The van der Waals surface area contributed by atoms with Crippen LogP contribution in [-0.2, 0) is 11.3 Å². The van der Waals surface area contributed by atoms with Gasteiger partial charge in [-0.05, 0) is 49.7 Å². The predicted octanol–water partition coefficient (Wildman–Crippen LogP) is 4.80. The number of hydrogen-bond donors (Lipinski definition) is 1. The number of esters is 1. The molecule has 6 nitrogen and oxygen atoms in total. The van der Waals surface area contributed by atoms with Crippen molar-refractivity contribution in [1.29, 1.82) is 0 Å². The molecular weight excluding hydrogens is 398 g/mol. The van der Waals surface area contributed by atoms with Crippen molar-refractivity contribution in [2.45, 2.75) is 20.4 Å². The molecule has 0 aliphatic carbocycles. The number of rotatable bonds is 5. The van der Waals surface area contributed by atoms with Crippen molar-refractivity contribution in [2.24, 2.45) is 0 Å². The molecule has 4 aromatic rings. The fourth-order valence-electron chi connectivity index (χ4n) is 3.20. The Morgan fingerprint density at radius 1 is 1.07 bits per heavy atom. The van der Waals surface area contributed by atoms with Crippen LogP contribution in [0.15, 0.2) is 54.6 Å². The highest BCUT2D eigenvalue weighted by molar-refractivity contribution is 7.20. The Morgan fingerprint density at radius 2 is 1.77 bits per heavy atom. The van der Waals surface area contributed by atoms with E-state index in [-0.39, 0.29) is 5.91 Å². The molecule has 0 spiro atoms. The summed E-state index contributed by atoms with van der Waals surface area (Å²) in [4.78, 5) is 25.9. The molecular formula is C23H21N3O3S. The number of nitrogens with zero attached hydrogens (tertiary/aromatic N) is 2. The van der Waals surface area contributed by atoms with Gasteiger partial charge in [-0.1, -0.05) is 29.8 Å². The van der Waals surface area contributed by atoms with Gasteiger partial charge in [0.2, 0.25) is 0 Å². The normalized spacial score (nSPS) is 10.9. The molecule has 152 valence electrons. The third kappa shape index (κ3) is 3.97. The summed E-state index contributed by atoms with van der Waals surface area (Å²) in [7, 11) is 1.33. The van der Waals surface area contributed by atoms with Gasteiger partial charge in [0, 0.05) is 11.1 Å². The number of aryl methyl sites for hydroxylation is 2. The molecule has 30 heavy (non-hydrogen) atoms. The van der Waals surface area contributed by atoms with Crippen LogP contribution >= 0.6 is 11.3 Å². The highest BCUT2D eigenvalue weighted by Gasteiger charge is 2.17. The number of nitrogens with one attached hydrogen (secondary N) is 1. The van der Waals surface area contributed by atoms with E-state index in [0.717, 1.165) is 21.5 Å². The van der Waals surface area contributed by atoms with E-state index in [0.29, 0.717) is 22.7 Å². The van der Waals surface area contributed by atoms with E-state index in [1.54, 1.807) is 24.3 Å². The van der Waals surface area contributed by atoms with Crippen LogP contribution in [0.2, 0.25) is 0 Å². The van der Waals surface area contributed by atoms with Crippen LogP contribution in [0.5, 0.6) is 0 Å². The number of benzene rings is 2. The Bertz CT molecular complexity index is 1220. The molecule has 1 amide bonds. The van der Waals surface area contributed by atoms with Gasteiger partial charge in [-0.3, -0.25) is 9.48 Å². The topological polar surface area (TPSA) is 73.2 Å². The summed E-state index contributed by atoms with van der Waals surface area (Å²) in [6.45, 7) is 4.67. The first-order chi connectivity index (χ1) is 14.4. The van der Waals surface area contributed by atoms with Gasteiger partial charge in [0.25, 0.3) is 5.91 Å². The lowest BCUT2D eigenvalue weighted by Crippen LogP contribution is -2.10. The molecule has 2 heterocycles. The van der Waals surface area contributed by atoms with E-state index < -0.39 is 5.97 Å². The van der Waals surface area contributed by atoms with Gasteiger partial charge in [0.15, 0.2) is 0 Å². The second-order valence-corrected chi connectivity index (χ2v) is 8.11. The van der Waals surface area contributed by atoms with E-state index in [9.17, 15) is 9.59 Å². The molecule has 4 rings (SSSR count). The molecule has 0 aliphatic rings. The molecule has 0 fully saturated rings. The maximum atomic E-state index is 12.8. The number of ether oxygens (including phenoxy) is 1. The zero-order valence-corrected chi connectivity index (χ0v) is 17.7. The first-order valence-corrected chi connectivity index (χ1v) is 10.3. The monoisotopic (exact) mass is 419 g/mol. The van der Waals surface area contributed by atoms with Crippen molar-refractivity contribution in [2.75, 3.05) is 12.4 Å². The van der Waals surface area contributed by atoms with Crippen LogP contribution in [0, 0.1) is 13.8 Å². The number of carbonyl (C=O) groups is 2. The third-order valence-electron chi connectivity index (χ3n) is 4.85. The molecule has 0 saturated heterocycles. The number of fused-ring (bicyclic) bond motifs is 1. The molecule has 7 heteroatoms. The number of methoxy groups -OCH3 is 1. The van der Waals surface area contributed by atoms with Crippen molar-refractivity contribution in [3.8, 4) is 0 Å². The minimum Gasteiger partial charge on any atom is -0.465 e. The summed E-state index contributed by atoms with van der Waals surface area (Å²) in [5.74, 6) is -0.603. The average molecular weight is 420 g/mol. The molecule has 0 saturated carbocycles. The zero-order valence-electron chi connectivity index (χ0n) is 16.9. The van der Waals surface area contributed by atoms with Crippen molar-refractivity contribution in [3.63, 3.8) is 0 Å². The standard InChI is InChI=1S/C23H21N3O3S/c1-14-4-6-16(7-5-14)13-26-22-19(15(2)25-26)12-20(30-22)21(27)24-18-10-8-17(9-11-18)23(28)29-3/h4-12H,13H2,1-3H3,(H,24,27). The number of aromatic nitrogens is 2. The van der Waals surface area contributed by atoms with Gasteiger partial charge in [0.1, 0.15) is 4.83 Å². The summed E-state index contributed by atoms with van der Waals surface area (Å²) in [6, 6.07) is 16.8. The quantitative estimate of drug-likeness (QED) is 0.472. The van der Waals surface area contributed by atoms with Crippen molar-refractivity contribution < 1.29 is 14.3 Å². The van der Waals surface area contributed by atoms with Crippen LogP contribution in [0.25, 0.3) is 10.2 Å². The molecule has 0 radical (unpaired) electrons. The Morgan fingerprint density at radius 3 is 2.43 bits per heavy atom. The van der Waals surface area contributed by atoms with Gasteiger partial charge < -0.3 is 10.1 Å². The van der Waals surface area contributed by atoms with Crippen molar-refractivity contribution in [1.82, 2.24) is 9.78 Å². The maximum absolute atomic E-state index is 12.8. The first-order valence-electron chi connectivity index (χ1n) is 9.47.